The Kier molecular flexibility index (Phi) is 12.1. The van der Waals surface area contributed by atoms with Gasteiger partial charge in [0.05, 0.1) is 12.2 Å². The van der Waals surface area contributed by atoms with Crippen LogP contribution in [0.2, 0.25) is 5.02 Å². The Morgan fingerprint density at radius 1 is 1.14 bits per heavy atom. The molecule has 11 heteroatoms. The van der Waals surface area contributed by atoms with E-state index in [9.17, 15) is 14.4 Å². The topological polar surface area (TPSA) is 135 Å². The van der Waals surface area contributed by atoms with Crippen molar-refractivity contribution >= 4 is 46.3 Å². The van der Waals surface area contributed by atoms with Gasteiger partial charge in [-0.05, 0) is 44.2 Å². The molecule has 2 heterocycles. The number of halogens is 1. The maximum absolute atomic E-state index is 11.4. The molecule has 0 radical (unpaired) electrons. The molecular formula is C25H37ClN6O3S. The van der Waals surface area contributed by atoms with E-state index in [0.29, 0.717) is 21.9 Å². The molecule has 0 bridgehead atoms. The van der Waals surface area contributed by atoms with E-state index in [0.717, 1.165) is 43.7 Å². The first-order valence-electron chi connectivity index (χ1n) is 12.0. The van der Waals surface area contributed by atoms with Crippen molar-refractivity contribution in [1.29, 1.82) is 0 Å². The average molecular weight is 537 g/mol. The monoisotopic (exact) mass is 536 g/mol. The average Bonchev–Trinajstić information content (AvgIpc) is 3.28. The number of thiazole rings is 1. The predicted octanol–water partition coefficient (Wildman–Crippen LogP) is 3.12. The zero-order valence-corrected chi connectivity index (χ0v) is 22.8. The van der Waals surface area contributed by atoms with E-state index in [1.165, 1.54) is 35.5 Å². The Balaban J connectivity index is 0.000000191. The molecule has 0 saturated heterocycles. The summed E-state index contributed by atoms with van der Waals surface area (Å²) in [7, 11) is 5.75. The molecule has 1 aliphatic carbocycles. The predicted molar refractivity (Wildman–Crippen MR) is 145 cm³/mol. The van der Waals surface area contributed by atoms with E-state index in [-0.39, 0.29) is 12.5 Å². The minimum Gasteiger partial charge on any atom is -0.376 e. The van der Waals surface area contributed by atoms with Crippen molar-refractivity contribution in [3.05, 3.63) is 44.9 Å². The first-order chi connectivity index (χ1) is 17.1. The third-order valence-electron chi connectivity index (χ3n) is 5.84. The van der Waals surface area contributed by atoms with Crippen LogP contribution in [-0.4, -0.2) is 66.7 Å². The summed E-state index contributed by atoms with van der Waals surface area (Å²) >= 11 is 7.07. The standard InChI is InChI=1S/C9H17NO.C8H9ClN2O.C8H11N3OS/c1-10(2)9(11)8-6-4-3-5-7-8;9-6-1-3-7(4-2-6)11-5-8(10)12;1-11-3-2-5-6(4-11)13-8(10-5)7(9)12/h8H,3-7H2,1-2H3;1-4,11H,5H2,(H2,10,12);2-4H2,1H3,(H2,9,12). The summed E-state index contributed by atoms with van der Waals surface area (Å²) in [5, 5.41) is 3.95. The van der Waals surface area contributed by atoms with E-state index >= 15 is 0 Å². The molecule has 1 aromatic carbocycles. The Labute approximate surface area is 222 Å². The summed E-state index contributed by atoms with van der Waals surface area (Å²) < 4.78 is 0. The van der Waals surface area contributed by atoms with Crippen molar-refractivity contribution in [2.24, 2.45) is 17.4 Å². The van der Waals surface area contributed by atoms with Crippen LogP contribution in [0, 0.1) is 5.92 Å². The largest absolute Gasteiger partial charge is 0.376 e. The van der Waals surface area contributed by atoms with Gasteiger partial charge in [-0.2, -0.15) is 0 Å². The molecule has 9 nitrogen and oxygen atoms in total. The molecular weight excluding hydrogens is 500 g/mol. The van der Waals surface area contributed by atoms with Crippen molar-refractivity contribution in [1.82, 2.24) is 14.8 Å². The zero-order chi connectivity index (χ0) is 26.7. The number of fused-ring (bicyclic) bond motifs is 1. The summed E-state index contributed by atoms with van der Waals surface area (Å²) in [5.74, 6) is -0.143. The highest BCUT2D eigenvalue weighted by Gasteiger charge is 2.22. The van der Waals surface area contributed by atoms with Gasteiger partial charge in [0.2, 0.25) is 11.8 Å². The molecule has 0 unspecified atom stereocenters. The normalized spacial score (nSPS) is 15.3. The van der Waals surface area contributed by atoms with Crippen LogP contribution in [0.3, 0.4) is 0 Å². The molecule has 198 valence electrons. The van der Waals surface area contributed by atoms with Crippen LogP contribution in [0.25, 0.3) is 0 Å². The highest BCUT2D eigenvalue weighted by atomic mass is 35.5. The lowest BCUT2D eigenvalue weighted by Crippen LogP contribution is -2.30. The molecule has 1 aromatic heterocycles. The Bertz CT molecular complexity index is 1010. The van der Waals surface area contributed by atoms with Crippen LogP contribution in [0.5, 0.6) is 0 Å². The van der Waals surface area contributed by atoms with Crippen LogP contribution in [0.4, 0.5) is 5.69 Å². The van der Waals surface area contributed by atoms with Crippen molar-refractivity contribution < 1.29 is 14.4 Å². The highest BCUT2D eigenvalue weighted by molar-refractivity contribution is 7.13. The van der Waals surface area contributed by atoms with Crippen molar-refractivity contribution in [3.8, 4) is 0 Å². The number of carbonyl (C=O) groups excluding carboxylic acids is 3. The summed E-state index contributed by atoms with van der Waals surface area (Å²) in [6, 6.07) is 7.05. The van der Waals surface area contributed by atoms with E-state index in [4.69, 9.17) is 23.1 Å². The third kappa shape index (κ3) is 10.1. The number of rotatable bonds is 5. The number of hydrogen-bond donors (Lipinski definition) is 3. The van der Waals surface area contributed by atoms with Crippen LogP contribution in [0.15, 0.2) is 24.3 Å². The number of carbonyl (C=O) groups is 3. The minimum absolute atomic E-state index is 0.141. The molecule has 1 fully saturated rings. The van der Waals surface area contributed by atoms with Crippen molar-refractivity contribution in [3.63, 3.8) is 0 Å². The van der Waals surface area contributed by atoms with Crippen LogP contribution >= 0.6 is 22.9 Å². The van der Waals surface area contributed by atoms with Gasteiger partial charge in [0.25, 0.3) is 5.91 Å². The van der Waals surface area contributed by atoms with Crippen molar-refractivity contribution in [2.75, 3.05) is 39.5 Å². The van der Waals surface area contributed by atoms with Gasteiger partial charge >= 0.3 is 0 Å². The molecule has 5 N–H and O–H groups in total. The van der Waals surface area contributed by atoms with Crippen LogP contribution in [0.1, 0.15) is 52.5 Å². The van der Waals surface area contributed by atoms with Gasteiger partial charge in [-0.25, -0.2) is 4.98 Å². The van der Waals surface area contributed by atoms with Gasteiger partial charge in [0.1, 0.15) is 0 Å². The van der Waals surface area contributed by atoms with E-state index in [1.54, 1.807) is 29.2 Å². The molecule has 1 aliphatic heterocycles. The van der Waals surface area contributed by atoms with Gasteiger partial charge in [0.15, 0.2) is 5.01 Å². The lowest BCUT2D eigenvalue weighted by molar-refractivity contribution is -0.133. The van der Waals surface area contributed by atoms with E-state index in [2.05, 4.69) is 22.2 Å². The second-order valence-corrected chi connectivity index (χ2v) is 10.7. The maximum atomic E-state index is 11.4. The first-order valence-corrected chi connectivity index (χ1v) is 13.2. The van der Waals surface area contributed by atoms with Gasteiger partial charge < -0.3 is 26.6 Å². The molecule has 2 aliphatic rings. The van der Waals surface area contributed by atoms with E-state index < -0.39 is 5.91 Å². The molecule has 2 aromatic rings. The number of aromatic nitrogens is 1. The van der Waals surface area contributed by atoms with Gasteiger partial charge in [-0.3, -0.25) is 14.4 Å². The second-order valence-electron chi connectivity index (χ2n) is 9.14. The Hall–Kier alpha value is -2.69. The fourth-order valence-electron chi connectivity index (χ4n) is 3.90. The number of likely N-dealkylation sites (N-methyl/N-ethyl adjacent to an activating group) is 1. The lowest BCUT2D eigenvalue weighted by atomic mass is 9.88. The van der Waals surface area contributed by atoms with Gasteiger partial charge in [-0.1, -0.05) is 30.9 Å². The number of anilines is 1. The molecule has 0 spiro atoms. The minimum atomic E-state index is -0.415. The number of hydrogen-bond acceptors (Lipinski definition) is 7. The van der Waals surface area contributed by atoms with E-state index in [1.807, 2.05) is 14.1 Å². The number of nitrogens with two attached hydrogens (primary N) is 2. The number of amides is 3. The summed E-state index contributed by atoms with van der Waals surface area (Å²) in [6.07, 6.45) is 6.94. The fourth-order valence-corrected chi connectivity index (χ4v) is 5.07. The Morgan fingerprint density at radius 3 is 2.33 bits per heavy atom. The van der Waals surface area contributed by atoms with Crippen LogP contribution < -0.4 is 16.8 Å². The summed E-state index contributed by atoms with van der Waals surface area (Å²) in [5.41, 5.74) is 12.0. The zero-order valence-electron chi connectivity index (χ0n) is 21.3. The Morgan fingerprint density at radius 2 is 1.78 bits per heavy atom. The number of nitrogens with one attached hydrogen (secondary N) is 1. The number of primary amides is 2. The van der Waals surface area contributed by atoms with Gasteiger partial charge in [0, 0.05) is 55.1 Å². The van der Waals surface area contributed by atoms with Crippen LogP contribution in [-0.2, 0) is 22.6 Å². The SMILES string of the molecule is CN(C)C(=O)C1CCCCC1.CN1CCc2nc(C(N)=O)sc2C1.NC(=O)CNc1ccc(Cl)cc1. The quantitative estimate of drug-likeness (QED) is 0.537. The summed E-state index contributed by atoms with van der Waals surface area (Å²) in [4.78, 5) is 42.0. The highest BCUT2D eigenvalue weighted by Crippen LogP contribution is 2.25. The molecule has 1 saturated carbocycles. The number of benzene rings is 1. The number of nitrogens with zero attached hydrogens (tertiary/aromatic N) is 3. The maximum Gasteiger partial charge on any atom is 0.277 e. The summed E-state index contributed by atoms with van der Waals surface area (Å²) in [6.45, 7) is 2.04. The molecule has 36 heavy (non-hydrogen) atoms. The van der Waals surface area contributed by atoms with Gasteiger partial charge in [-0.15, -0.1) is 11.3 Å². The fraction of sp³-hybridized carbons (Fsp3) is 0.520. The third-order valence-corrected chi connectivity index (χ3v) is 7.19. The molecule has 4 rings (SSSR count). The molecule has 3 amide bonds. The smallest absolute Gasteiger partial charge is 0.277 e. The second kappa shape index (κ2) is 14.8. The molecule has 0 atom stereocenters. The lowest BCUT2D eigenvalue weighted by Gasteiger charge is -2.23. The van der Waals surface area contributed by atoms with Crippen molar-refractivity contribution in [2.45, 2.75) is 45.1 Å². The first kappa shape index (κ1) is 29.5.